The summed E-state index contributed by atoms with van der Waals surface area (Å²) in [6.45, 7) is 2.07. The van der Waals surface area contributed by atoms with Crippen molar-refractivity contribution in [1.29, 1.82) is 5.41 Å². The van der Waals surface area contributed by atoms with Crippen LogP contribution in [-0.2, 0) is 30.8 Å². The summed E-state index contributed by atoms with van der Waals surface area (Å²) < 4.78 is 65.9. The van der Waals surface area contributed by atoms with Crippen molar-refractivity contribution < 1.29 is 36.0 Å². The number of benzene rings is 1. The molecule has 2 unspecified atom stereocenters. The van der Waals surface area contributed by atoms with Crippen molar-refractivity contribution in [3.8, 4) is 0 Å². The van der Waals surface area contributed by atoms with Crippen molar-refractivity contribution in [2.24, 2.45) is 5.92 Å². The molecule has 5 N–H and O–H groups in total. The Balaban J connectivity index is 1.64. The van der Waals surface area contributed by atoms with E-state index in [1.165, 1.54) is 6.20 Å². The zero-order valence-electron chi connectivity index (χ0n) is 22.1. The highest BCUT2D eigenvalue weighted by atomic mass is 32.2. The number of piperidine rings is 1. The van der Waals surface area contributed by atoms with Crippen molar-refractivity contribution in [3.05, 3.63) is 36.0 Å². The van der Waals surface area contributed by atoms with E-state index in [9.17, 15) is 36.0 Å². The Kier molecular flexibility index (Phi) is 9.95. The molecule has 1 aliphatic rings. The molecule has 0 saturated carbocycles. The maximum absolute atomic E-state index is 13.3. The Morgan fingerprint density at radius 2 is 1.80 bits per heavy atom. The quantitative estimate of drug-likeness (QED) is 0.198. The third-order valence-electron chi connectivity index (χ3n) is 6.78. The van der Waals surface area contributed by atoms with Gasteiger partial charge in [0.05, 0.1) is 18.6 Å². The summed E-state index contributed by atoms with van der Waals surface area (Å²) in [5.41, 5.74) is 1.04. The Bertz CT molecular complexity index is 1350. The van der Waals surface area contributed by atoms with E-state index in [-0.39, 0.29) is 12.3 Å². The molecule has 15 heteroatoms. The predicted molar refractivity (Wildman–Crippen MR) is 142 cm³/mol. The lowest BCUT2D eigenvalue weighted by atomic mass is 9.90. The maximum Gasteiger partial charge on any atom is 0.452 e. The molecule has 40 heavy (non-hydrogen) atoms. The van der Waals surface area contributed by atoms with Gasteiger partial charge in [0.15, 0.2) is 0 Å². The van der Waals surface area contributed by atoms with E-state index in [2.05, 4.69) is 20.3 Å². The fourth-order valence-corrected chi connectivity index (χ4v) is 5.49. The number of hydrogen-bond donors (Lipinski definition) is 5. The van der Waals surface area contributed by atoms with E-state index < -0.39 is 58.8 Å². The number of amidine groups is 1. The second-order valence-corrected chi connectivity index (χ2v) is 11.7. The van der Waals surface area contributed by atoms with Crippen molar-refractivity contribution in [2.75, 3.05) is 25.9 Å². The topological polar surface area (TPSA) is 164 Å². The Hall–Kier alpha value is -3.46. The first-order valence-electron chi connectivity index (χ1n) is 12.6. The largest absolute Gasteiger partial charge is 0.452 e. The van der Waals surface area contributed by atoms with Gasteiger partial charge in [0.2, 0.25) is 21.8 Å². The second kappa shape index (κ2) is 12.8. The monoisotopic (exact) mass is 586 g/mol. The smallest absolute Gasteiger partial charge is 0.361 e. The number of halogens is 3. The standard InChI is InChI=1S/C25H33F3N6O5S/c1-15(29)34-9-7-16(8-10-34)11-21(33-40(2,38)39)24(37)31-14-22(35)32-20(23(36)25(26,27)28)12-17-13-30-19-6-4-3-5-18(17)19/h3-6,13,16,20-21,29-30,33H,7-12,14H2,1-2H3,(H,31,37)(H,32,35). The van der Waals surface area contributed by atoms with Crippen LogP contribution >= 0.6 is 0 Å². The van der Waals surface area contributed by atoms with Gasteiger partial charge in [-0.3, -0.25) is 19.8 Å². The molecule has 2 aromatic rings. The number of amides is 2. The van der Waals surface area contributed by atoms with Gasteiger partial charge in [-0.1, -0.05) is 18.2 Å². The van der Waals surface area contributed by atoms with Crippen LogP contribution in [0, 0.1) is 11.3 Å². The van der Waals surface area contributed by atoms with E-state index in [1.807, 2.05) is 4.90 Å². The molecule has 2 amide bonds. The number of carbonyl (C=O) groups excluding carboxylic acids is 3. The van der Waals surface area contributed by atoms with Gasteiger partial charge in [-0.05, 0) is 43.7 Å². The minimum absolute atomic E-state index is 0.0283. The SMILES string of the molecule is CC(=N)N1CCC(CC(NS(C)(=O)=O)C(=O)NCC(=O)NC(Cc2c[nH]c3ccccc23)C(=O)C(F)(F)F)CC1. The van der Waals surface area contributed by atoms with Crippen LogP contribution < -0.4 is 15.4 Å². The second-order valence-electron chi connectivity index (χ2n) is 9.96. The fourth-order valence-electron chi connectivity index (χ4n) is 4.77. The number of nitrogens with one attached hydrogen (secondary N) is 5. The molecule has 0 radical (unpaired) electrons. The molecule has 11 nitrogen and oxygen atoms in total. The summed E-state index contributed by atoms with van der Waals surface area (Å²) in [6.07, 6.45) is -1.90. The number of rotatable bonds is 11. The number of alkyl halides is 3. The van der Waals surface area contributed by atoms with Crippen LogP contribution in [0.2, 0.25) is 0 Å². The average Bonchev–Trinajstić information content (AvgIpc) is 3.27. The summed E-state index contributed by atoms with van der Waals surface area (Å²) in [6, 6.07) is 3.66. The molecule has 3 rings (SSSR count). The van der Waals surface area contributed by atoms with E-state index in [0.29, 0.717) is 48.2 Å². The lowest BCUT2D eigenvalue weighted by Crippen LogP contribution is -2.53. The van der Waals surface area contributed by atoms with Gasteiger partial charge < -0.3 is 20.5 Å². The van der Waals surface area contributed by atoms with Gasteiger partial charge in [0, 0.05) is 36.6 Å². The van der Waals surface area contributed by atoms with Crippen LogP contribution in [0.25, 0.3) is 10.9 Å². The van der Waals surface area contributed by atoms with Crippen LogP contribution in [0.5, 0.6) is 0 Å². The van der Waals surface area contributed by atoms with Gasteiger partial charge in [-0.2, -0.15) is 13.2 Å². The molecule has 0 bridgehead atoms. The number of aromatic amines is 1. The zero-order valence-corrected chi connectivity index (χ0v) is 22.9. The van der Waals surface area contributed by atoms with Crippen LogP contribution in [0.4, 0.5) is 13.2 Å². The van der Waals surface area contributed by atoms with Gasteiger partial charge in [-0.15, -0.1) is 0 Å². The third kappa shape index (κ3) is 8.78. The van der Waals surface area contributed by atoms with Crippen molar-refractivity contribution in [1.82, 2.24) is 25.2 Å². The Labute approximate surface area is 229 Å². The highest BCUT2D eigenvalue weighted by Gasteiger charge is 2.44. The molecular formula is C25H33F3N6O5S. The lowest BCUT2D eigenvalue weighted by molar-refractivity contribution is -0.173. The van der Waals surface area contributed by atoms with Gasteiger partial charge >= 0.3 is 6.18 Å². The van der Waals surface area contributed by atoms with E-state index in [4.69, 9.17) is 5.41 Å². The van der Waals surface area contributed by atoms with Crippen LogP contribution in [0.15, 0.2) is 30.5 Å². The number of aromatic nitrogens is 1. The molecular weight excluding hydrogens is 553 g/mol. The number of hydrogen-bond acceptors (Lipinski definition) is 6. The minimum Gasteiger partial charge on any atom is -0.361 e. The van der Waals surface area contributed by atoms with E-state index in [1.54, 1.807) is 31.2 Å². The summed E-state index contributed by atoms with van der Waals surface area (Å²) in [5, 5.41) is 12.7. The fraction of sp³-hybridized carbons (Fsp3) is 0.520. The number of carbonyl (C=O) groups is 3. The molecule has 1 aromatic carbocycles. The van der Waals surface area contributed by atoms with Crippen LogP contribution in [0.1, 0.15) is 31.7 Å². The molecule has 2 atom stereocenters. The highest BCUT2D eigenvalue weighted by Crippen LogP contribution is 2.24. The molecule has 0 spiro atoms. The molecule has 1 saturated heterocycles. The number of nitrogens with zero attached hydrogens (tertiary/aromatic N) is 1. The number of H-pyrrole nitrogens is 1. The first-order valence-corrected chi connectivity index (χ1v) is 14.5. The van der Waals surface area contributed by atoms with Crippen LogP contribution in [-0.4, -0.2) is 85.9 Å². The third-order valence-corrected chi connectivity index (χ3v) is 7.50. The number of likely N-dealkylation sites (tertiary alicyclic amines) is 1. The van der Waals surface area contributed by atoms with Crippen molar-refractivity contribution in [3.63, 3.8) is 0 Å². The molecule has 220 valence electrons. The molecule has 1 aliphatic heterocycles. The first-order chi connectivity index (χ1) is 18.6. The van der Waals surface area contributed by atoms with Crippen molar-refractivity contribution in [2.45, 2.75) is 50.9 Å². The number of sulfonamides is 1. The van der Waals surface area contributed by atoms with E-state index in [0.717, 1.165) is 6.26 Å². The zero-order chi connectivity index (χ0) is 29.7. The van der Waals surface area contributed by atoms with Crippen LogP contribution in [0.3, 0.4) is 0 Å². The average molecular weight is 587 g/mol. The summed E-state index contributed by atoms with van der Waals surface area (Å²) in [5.74, 6) is -3.61. The van der Waals surface area contributed by atoms with Gasteiger partial charge in [-0.25, -0.2) is 13.1 Å². The predicted octanol–water partition coefficient (Wildman–Crippen LogP) is 1.46. The summed E-state index contributed by atoms with van der Waals surface area (Å²) in [7, 11) is -3.80. The van der Waals surface area contributed by atoms with E-state index >= 15 is 0 Å². The molecule has 1 fully saturated rings. The number of para-hydroxylation sites is 1. The summed E-state index contributed by atoms with van der Waals surface area (Å²) >= 11 is 0. The molecule has 2 heterocycles. The Morgan fingerprint density at radius 1 is 1.15 bits per heavy atom. The number of fused-ring (bicyclic) bond motifs is 1. The number of ketones is 1. The summed E-state index contributed by atoms with van der Waals surface area (Å²) in [4.78, 5) is 42.3. The highest BCUT2D eigenvalue weighted by molar-refractivity contribution is 7.88. The first kappa shape index (κ1) is 31.1. The maximum atomic E-state index is 13.3. The van der Waals surface area contributed by atoms with Crippen molar-refractivity contribution >= 4 is 44.4 Å². The Morgan fingerprint density at radius 3 is 2.40 bits per heavy atom. The lowest BCUT2D eigenvalue weighted by Gasteiger charge is -2.34. The normalized spacial score (nSPS) is 16.4. The number of Topliss-reactive ketones (excluding diaryl/α,β-unsaturated/α-hetero) is 1. The molecule has 1 aromatic heterocycles. The van der Waals surface area contributed by atoms with Gasteiger partial charge in [0.25, 0.3) is 5.78 Å². The van der Waals surface area contributed by atoms with Gasteiger partial charge in [0.1, 0.15) is 12.1 Å². The minimum atomic E-state index is -5.20. The molecule has 0 aliphatic carbocycles.